The molecule has 2 aliphatic carbocycles. The number of nitrogens with two attached hydrogens (primary N) is 1. The summed E-state index contributed by atoms with van der Waals surface area (Å²) in [6.07, 6.45) is 4.84. The molecule has 0 aliphatic heterocycles. The molecule has 5 nitrogen and oxygen atoms in total. The number of carbonyl (C=O) groups excluding carboxylic acids is 1. The van der Waals surface area contributed by atoms with E-state index in [1.807, 2.05) is 16.8 Å². The second-order valence-corrected chi connectivity index (χ2v) is 7.56. The van der Waals surface area contributed by atoms with E-state index in [4.69, 9.17) is 5.73 Å². The van der Waals surface area contributed by atoms with Gasteiger partial charge >= 0.3 is 0 Å². The first-order valence-corrected chi connectivity index (χ1v) is 8.08. The van der Waals surface area contributed by atoms with Crippen LogP contribution in [0.1, 0.15) is 35.1 Å². The van der Waals surface area contributed by atoms with Gasteiger partial charge in [-0.2, -0.15) is 5.10 Å². The van der Waals surface area contributed by atoms with Crippen molar-refractivity contribution < 1.29 is 4.79 Å². The first-order valence-electron chi connectivity index (χ1n) is 7.00. The molecule has 0 spiro atoms. The number of aromatic nitrogens is 3. The van der Waals surface area contributed by atoms with E-state index in [2.05, 4.69) is 39.6 Å². The van der Waals surface area contributed by atoms with Gasteiger partial charge in [0.05, 0.1) is 5.69 Å². The molecular weight excluding hydrogens is 379 g/mol. The SMILES string of the molecule is C[C@]12Cc3c(c(C(N)=O)nn3-c3cc(I)ccn3)C[C@H]1C2. The molecule has 4 rings (SSSR count). The van der Waals surface area contributed by atoms with Crippen LogP contribution in [0.2, 0.25) is 0 Å². The summed E-state index contributed by atoms with van der Waals surface area (Å²) in [6, 6.07) is 3.91. The largest absolute Gasteiger partial charge is 0.364 e. The summed E-state index contributed by atoms with van der Waals surface area (Å²) in [4.78, 5) is 16.1. The fourth-order valence-electron chi connectivity index (χ4n) is 3.45. The summed E-state index contributed by atoms with van der Waals surface area (Å²) >= 11 is 2.25. The normalized spacial score (nSPS) is 26.1. The van der Waals surface area contributed by atoms with Crippen LogP contribution in [0, 0.1) is 14.9 Å². The second-order valence-electron chi connectivity index (χ2n) is 6.32. The number of primary amides is 1. The maximum atomic E-state index is 11.7. The Kier molecular flexibility index (Phi) is 2.70. The van der Waals surface area contributed by atoms with E-state index < -0.39 is 5.91 Å². The van der Waals surface area contributed by atoms with Crippen LogP contribution in [0.4, 0.5) is 0 Å². The summed E-state index contributed by atoms with van der Waals surface area (Å²) in [7, 11) is 0. The molecule has 108 valence electrons. The molecule has 2 aliphatic rings. The van der Waals surface area contributed by atoms with E-state index in [9.17, 15) is 4.79 Å². The van der Waals surface area contributed by atoms with E-state index in [1.165, 1.54) is 6.42 Å². The van der Waals surface area contributed by atoms with Gasteiger partial charge in [0.1, 0.15) is 0 Å². The van der Waals surface area contributed by atoms with Crippen molar-refractivity contribution in [1.29, 1.82) is 0 Å². The van der Waals surface area contributed by atoms with Crippen molar-refractivity contribution in [2.45, 2.75) is 26.2 Å². The Hall–Kier alpha value is -1.44. The zero-order chi connectivity index (χ0) is 14.8. The number of hydrogen-bond acceptors (Lipinski definition) is 3. The zero-order valence-electron chi connectivity index (χ0n) is 11.6. The molecule has 1 fully saturated rings. The van der Waals surface area contributed by atoms with Crippen molar-refractivity contribution in [3.63, 3.8) is 0 Å². The molecule has 0 saturated heterocycles. The smallest absolute Gasteiger partial charge is 0.269 e. The standard InChI is InChI=1S/C15H15IN4O/c1-15-6-8(15)4-10-11(7-15)20(19-13(10)14(17)21)12-5-9(16)2-3-18-12/h2-3,5,8H,4,6-7H2,1H3,(H2,17,21)/t8-,15-/m0/s1. The minimum absolute atomic E-state index is 0.363. The van der Waals surface area contributed by atoms with Gasteiger partial charge in [-0.15, -0.1) is 0 Å². The maximum Gasteiger partial charge on any atom is 0.269 e. The van der Waals surface area contributed by atoms with Gasteiger partial charge in [-0.3, -0.25) is 4.79 Å². The third kappa shape index (κ3) is 1.99. The van der Waals surface area contributed by atoms with Crippen LogP contribution in [0.25, 0.3) is 5.82 Å². The van der Waals surface area contributed by atoms with Crippen molar-refractivity contribution >= 4 is 28.5 Å². The highest BCUT2D eigenvalue weighted by Crippen LogP contribution is 2.59. The highest BCUT2D eigenvalue weighted by atomic mass is 127. The van der Waals surface area contributed by atoms with Crippen molar-refractivity contribution in [2.75, 3.05) is 0 Å². The number of rotatable bonds is 2. The molecular formula is C15H15IN4O. The van der Waals surface area contributed by atoms with Crippen LogP contribution in [0.3, 0.4) is 0 Å². The molecule has 2 N–H and O–H groups in total. The van der Waals surface area contributed by atoms with Gasteiger partial charge in [0, 0.05) is 15.3 Å². The Balaban J connectivity index is 1.90. The van der Waals surface area contributed by atoms with Gasteiger partial charge in [-0.05, 0) is 65.3 Å². The number of amides is 1. The molecule has 0 aromatic carbocycles. The van der Waals surface area contributed by atoms with Gasteiger partial charge < -0.3 is 5.73 Å². The van der Waals surface area contributed by atoms with Gasteiger partial charge in [-0.25, -0.2) is 9.67 Å². The highest BCUT2D eigenvalue weighted by Gasteiger charge is 2.54. The lowest BCUT2D eigenvalue weighted by atomic mass is 9.87. The summed E-state index contributed by atoms with van der Waals surface area (Å²) in [5, 5.41) is 4.47. The van der Waals surface area contributed by atoms with Crippen LogP contribution in [0.15, 0.2) is 18.3 Å². The number of halogens is 1. The molecule has 2 atom stereocenters. The number of fused-ring (bicyclic) bond motifs is 2. The van der Waals surface area contributed by atoms with E-state index in [-0.39, 0.29) is 0 Å². The predicted molar refractivity (Wildman–Crippen MR) is 86.2 cm³/mol. The van der Waals surface area contributed by atoms with Crippen LogP contribution >= 0.6 is 22.6 Å². The van der Waals surface area contributed by atoms with Crippen molar-refractivity contribution in [3.8, 4) is 5.82 Å². The lowest BCUT2D eigenvalue weighted by Gasteiger charge is -2.19. The van der Waals surface area contributed by atoms with Crippen LogP contribution < -0.4 is 5.73 Å². The Labute approximate surface area is 136 Å². The molecule has 0 unspecified atom stereocenters. The Morgan fingerprint density at radius 3 is 3.10 bits per heavy atom. The number of pyridine rings is 1. The number of hydrogen-bond donors (Lipinski definition) is 1. The number of carbonyl (C=O) groups is 1. The van der Waals surface area contributed by atoms with E-state index >= 15 is 0 Å². The third-order valence-corrected chi connectivity index (χ3v) is 5.48. The summed E-state index contributed by atoms with van der Waals surface area (Å²) in [5.41, 5.74) is 8.43. The first-order chi connectivity index (χ1) is 9.98. The maximum absolute atomic E-state index is 11.7. The van der Waals surface area contributed by atoms with E-state index in [0.717, 1.165) is 33.5 Å². The molecule has 2 heterocycles. The number of nitrogens with zero attached hydrogens (tertiary/aromatic N) is 3. The molecule has 2 aromatic rings. The van der Waals surface area contributed by atoms with Crippen LogP contribution in [-0.4, -0.2) is 20.7 Å². The molecule has 1 saturated carbocycles. The molecule has 6 heteroatoms. The van der Waals surface area contributed by atoms with E-state index in [1.54, 1.807) is 6.20 Å². The average molecular weight is 394 g/mol. The van der Waals surface area contributed by atoms with Gasteiger partial charge in [0.25, 0.3) is 5.91 Å². The predicted octanol–water partition coefficient (Wildman–Crippen LogP) is 2.10. The quantitative estimate of drug-likeness (QED) is 0.793. The molecule has 21 heavy (non-hydrogen) atoms. The van der Waals surface area contributed by atoms with Crippen LogP contribution in [0.5, 0.6) is 0 Å². The Morgan fingerprint density at radius 2 is 2.38 bits per heavy atom. The van der Waals surface area contributed by atoms with Gasteiger partial charge in [0.15, 0.2) is 11.5 Å². The monoisotopic (exact) mass is 394 g/mol. The van der Waals surface area contributed by atoms with Gasteiger partial charge in [0.2, 0.25) is 0 Å². The third-order valence-electron chi connectivity index (χ3n) is 4.81. The lowest BCUT2D eigenvalue weighted by Crippen LogP contribution is -2.18. The summed E-state index contributed by atoms with van der Waals surface area (Å²) < 4.78 is 2.91. The fraction of sp³-hybridized carbons (Fsp3) is 0.400. The van der Waals surface area contributed by atoms with Crippen molar-refractivity contribution in [1.82, 2.24) is 14.8 Å². The molecule has 0 radical (unpaired) electrons. The average Bonchev–Trinajstić information content (AvgIpc) is 2.94. The van der Waals surface area contributed by atoms with Gasteiger partial charge in [-0.1, -0.05) is 6.92 Å². The molecule has 0 bridgehead atoms. The van der Waals surface area contributed by atoms with Crippen LogP contribution in [-0.2, 0) is 12.8 Å². The highest BCUT2D eigenvalue weighted by molar-refractivity contribution is 14.1. The Morgan fingerprint density at radius 1 is 1.57 bits per heavy atom. The minimum atomic E-state index is -0.445. The van der Waals surface area contributed by atoms with Crippen molar-refractivity contribution in [2.24, 2.45) is 17.1 Å². The fourth-order valence-corrected chi connectivity index (χ4v) is 3.89. The molecule has 1 amide bonds. The molecule has 2 aromatic heterocycles. The summed E-state index contributed by atoms with van der Waals surface area (Å²) in [5.74, 6) is 0.984. The Bertz CT molecular complexity index is 769. The zero-order valence-corrected chi connectivity index (χ0v) is 13.8. The first kappa shape index (κ1) is 13.2. The minimum Gasteiger partial charge on any atom is -0.364 e. The van der Waals surface area contributed by atoms with E-state index in [0.29, 0.717) is 17.0 Å². The summed E-state index contributed by atoms with van der Waals surface area (Å²) in [6.45, 7) is 2.31. The topological polar surface area (TPSA) is 73.8 Å². The lowest BCUT2D eigenvalue weighted by molar-refractivity contribution is 0.0994. The second kappa shape index (κ2) is 4.28. The van der Waals surface area contributed by atoms with Crippen molar-refractivity contribution in [3.05, 3.63) is 38.9 Å².